The Hall–Kier alpha value is -5.45. The quantitative estimate of drug-likeness (QED) is 0.141. The van der Waals surface area contributed by atoms with E-state index in [1.165, 1.54) is 0 Å². The molecule has 2 saturated heterocycles. The molecule has 3 fully saturated rings. The van der Waals surface area contributed by atoms with Crippen LogP contribution in [0.25, 0.3) is 32.0 Å². The van der Waals surface area contributed by atoms with Gasteiger partial charge >= 0.3 is 0 Å². The molecule has 288 valence electrons. The molecule has 1 saturated carbocycles. The first-order valence-electron chi connectivity index (χ1n) is 20.1. The molecule has 2 aromatic heterocycles. The van der Waals surface area contributed by atoms with Crippen molar-refractivity contribution in [2.45, 2.75) is 69.5 Å². The lowest BCUT2D eigenvalue weighted by molar-refractivity contribution is -0.139. The molecular weight excluding hydrogens is 747 g/mol. The van der Waals surface area contributed by atoms with Crippen molar-refractivity contribution >= 4 is 40.4 Å². The van der Waals surface area contributed by atoms with E-state index in [-0.39, 0.29) is 35.7 Å². The minimum atomic E-state index is -0.703. The largest absolute Gasteiger partial charge is 0.340 e. The fourth-order valence-corrected chi connectivity index (χ4v) is 10.5. The highest BCUT2D eigenvalue weighted by molar-refractivity contribution is 7.15. The highest BCUT2D eigenvalue weighted by atomic mass is 32.1. The van der Waals surface area contributed by atoms with Crippen molar-refractivity contribution in [1.82, 2.24) is 25.1 Å². The van der Waals surface area contributed by atoms with Gasteiger partial charge in [0, 0.05) is 31.4 Å². The molecule has 8 nitrogen and oxygen atoms in total. The van der Waals surface area contributed by atoms with Crippen LogP contribution in [0.4, 0.5) is 0 Å². The van der Waals surface area contributed by atoms with Crippen molar-refractivity contribution in [2.75, 3.05) is 13.1 Å². The fourth-order valence-electron chi connectivity index (χ4n) is 8.31. The van der Waals surface area contributed by atoms with Crippen LogP contribution in [0.3, 0.4) is 0 Å². The molecule has 3 aliphatic rings. The number of hydrogen-bond acceptors (Lipinski definition) is 7. The summed E-state index contributed by atoms with van der Waals surface area (Å²) >= 11 is 3.32. The molecule has 0 bridgehead atoms. The summed E-state index contributed by atoms with van der Waals surface area (Å²) in [6.45, 7) is 1.43. The molecular formula is C47H45N5O3S2. The molecule has 1 unspecified atom stereocenters. The second-order valence-corrected chi connectivity index (χ2v) is 17.5. The molecule has 1 aliphatic carbocycles. The van der Waals surface area contributed by atoms with Gasteiger partial charge in [0.2, 0.25) is 17.7 Å². The van der Waals surface area contributed by atoms with E-state index in [1.807, 2.05) is 82.9 Å². The molecule has 10 heteroatoms. The van der Waals surface area contributed by atoms with Crippen LogP contribution in [0.1, 0.15) is 84.2 Å². The maximum absolute atomic E-state index is 14.2. The van der Waals surface area contributed by atoms with E-state index in [9.17, 15) is 14.4 Å². The van der Waals surface area contributed by atoms with Gasteiger partial charge in [-0.1, -0.05) is 116 Å². The lowest BCUT2D eigenvalue weighted by Crippen LogP contribution is -2.45. The Morgan fingerprint density at radius 1 is 0.614 bits per heavy atom. The van der Waals surface area contributed by atoms with Crippen LogP contribution in [0, 0.1) is 5.92 Å². The van der Waals surface area contributed by atoms with Gasteiger partial charge in [0.25, 0.3) is 0 Å². The summed E-state index contributed by atoms with van der Waals surface area (Å²) in [4.78, 5) is 56.2. The molecule has 4 heterocycles. The zero-order valence-electron chi connectivity index (χ0n) is 31.8. The van der Waals surface area contributed by atoms with E-state index in [1.54, 1.807) is 22.7 Å². The number of amides is 3. The monoisotopic (exact) mass is 791 g/mol. The van der Waals surface area contributed by atoms with Gasteiger partial charge in [0.1, 0.15) is 16.1 Å². The zero-order valence-corrected chi connectivity index (χ0v) is 33.4. The summed E-state index contributed by atoms with van der Waals surface area (Å²) in [7, 11) is 0. The van der Waals surface area contributed by atoms with E-state index >= 15 is 0 Å². The van der Waals surface area contributed by atoms with Gasteiger partial charge in [-0.25, -0.2) is 9.97 Å². The zero-order chi connectivity index (χ0) is 38.7. The van der Waals surface area contributed by atoms with E-state index in [4.69, 9.17) is 9.97 Å². The molecule has 57 heavy (non-hydrogen) atoms. The highest BCUT2D eigenvalue weighted by Gasteiger charge is 2.38. The molecule has 4 aromatic carbocycles. The van der Waals surface area contributed by atoms with Crippen molar-refractivity contribution in [1.29, 1.82) is 0 Å². The number of carbonyl (C=O) groups is 3. The number of likely N-dealkylation sites (tertiary alicyclic amines) is 2. The summed E-state index contributed by atoms with van der Waals surface area (Å²) in [6.07, 6.45) is 10.8. The lowest BCUT2D eigenvalue weighted by Gasteiger charge is -2.31. The fraction of sp³-hybridized carbons (Fsp3) is 0.298. The maximum atomic E-state index is 14.2. The minimum Gasteiger partial charge on any atom is -0.340 e. The Morgan fingerprint density at radius 2 is 1.12 bits per heavy atom. The average Bonchev–Trinajstić information content (AvgIpc) is 4.07. The second kappa shape index (κ2) is 16.6. The number of carbonyl (C=O) groups excluding carboxylic acids is 3. The first-order chi connectivity index (χ1) is 28.0. The number of rotatable bonds is 11. The smallest absolute Gasteiger partial charge is 0.250 e. The van der Waals surface area contributed by atoms with Crippen LogP contribution in [0.2, 0.25) is 0 Å². The summed E-state index contributed by atoms with van der Waals surface area (Å²) in [6, 6.07) is 36.0. The van der Waals surface area contributed by atoms with Gasteiger partial charge in [-0.05, 0) is 71.9 Å². The average molecular weight is 792 g/mol. The third-order valence-corrected chi connectivity index (χ3v) is 14.0. The van der Waals surface area contributed by atoms with E-state index in [0.717, 1.165) is 105 Å². The van der Waals surface area contributed by atoms with Crippen molar-refractivity contribution in [3.8, 4) is 32.0 Å². The predicted octanol–water partition coefficient (Wildman–Crippen LogP) is 9.83. The van der Waals surface area contributed by atoms with Crippen LogP contribution in [-0.4, -0.2) is 50.6 Å². The van der Waals surface area contributed by atoms with Gasteiger partial charge in [-0.15, -0.1) is 22.7 Å². The standard InChI is InChI=1S/C47H45N5O3S2/c53-42(28-31-10-3-1-4-11-31)51-26-8-16-38(51)45-48-29-40(56-45)34-22-18-32(19-23-34)33-20-24-35(25-21-33)41-30-49-46(57-41)39-17-9-27-52(39)47(55)43(36-12-5-2-6-13-36)50-44(54)37-14-7-15-37/h1-6,10-13,18-25,29-30,37-39,43H,7-9,14-17,26-28H2,(H,50,54)/t38?,39-,43+/m0/s1. The van der Waals surface area contributed by atoms with Crippen molar-refractivity contribution in [3.05, 3.63) is 143 Å². The van der Waals surface area contributed by atoms with Gasteiger partial charge in [-0.3, -0.25) is 14.4 Å². The van der Waals surface area contributed by atoms with Crippen molar-refractivity contribution < 1.29 is 14.4 Å². The number of thiazole rings is 2. The van der Waals surface area contributed by atoms with Crippen LogP contribution in [0.5, 0.6) is 0 Å². The summed E-state index contributed by atoms with van der Waals surface area (Å²) in [5.41, 5.74) is 6.32. The Labute approximate surface area is 341 Å². The number of hydrogen-bond donors (Lipinski definition) is 1. The molecule has 0 radical (unpaired) electrons. The van der Waals surface area contributed by atoms with Gasteiger partial charge in [0.15, 0.2) is 0 Å². The normalized spacial score (nSPS) is 18.7. The Bertz CT molecular complexity index is 2340. The topological polar surface area (TPSA) is 95.5 Å². The van der Waals surface area contributed by atoms with Crippen molar-refractivity contribution in [2.24, 2.45) is 5.92 Å². The Balaban J connectivity index is 0.851. The lowest BCUT2D eigenvalue weighted by atomic mass is 9.84. The number of benzene rings is 4. The van der Waals surface area contributed by atoms with E-state index in [2.05, 4.69) is 53.8 Å². The second-order valence-electron chi connectivity index (χ2n) is 15.4. The summed E-state index contributed by atoms with van der Waals surface area (Å²) < 4.78 is 0. The number of nitrogens with zero attached hydrogens (tertiary/aromatic N) is 4. The van der Waals surface area contributed by atoms with Crippen LogP contribution < -0.4 is 5.32 Å². The Kier molecular flexibility index (Phi) is 10.8. The molecule has 9 rings (SSSR count). The van der Waals surface area contributed by atoms with Gasteiger partial charge in [0.05, 0.1) is 28.3 Å². The molecule has 3 atom stereocenters. The number of aromatic nitrogens is 2. The Morgan fingerprint density at radius 3 is 1.67 bits per heavy atom. The van der Waals surface area contributed by atoms with Crippen molar-refractivity contribution in [3.63, 3.8) is 0 Å². The first-order valence-corrected chi connectivity index (χ1v) is 21.7. The summed E-state index contributed by atoms with van der Waals surface area (Å²) in [5.74, 6) is 0.0793. The predicted molar refractivity (Wildman–Crippen MR) is 226 cm³/mol. The van der Waals surface area contributed by atoms with Gasteiger partial charge < -0.3 is 15.1 Å². The van der Waals surface area contributed by atoms with E-state index < -0.39 is 6.04 Å². The van der Waals surface area contributed by atoms with Crippen LogP contribution in [0.15, 0.2) is 122 Å². The molecule has 0 spiro atoms. The van der Waals surface area contributed by atoms with Gasteiger partial charge in [-0.2, -0.15) is 0 Å². The third kappa shape index (κ3) is 7.93. The third-order valence-electron chi connectivity index (χ3n) is 11.7. The highest BCUT2D eigenvalue weighted by Crippen LogP contribution is 2.41. The molecule has 3 amide bonds. The summed E-state index contributed by atoms with van der Waals surface area (Å²) in [5, 5.41) is 5.04. The number of nitrogens with one attached hydrogen (secondary N) is 1. The first kappa shape index (κ1) is 37.1. The SMILES string of the molecule is O=C(N[C@@H](C(=O)N1CCC[C@H]1c1ncc(-c2ccc(-c3ccc(-c4cnc(C5CCCN5C(=O)Cc5ccccc5)s4)cc3)cc2)s1)c1ccccc1)C1CCC1. The molecule has 2 aliphatic heterocycles. The molecule has 6 aromatic rings. The molecule has 1 N–H and O–H groups in total. The maximum Gasteiger partial charge on any atom is 0.250 e. The van der Waals surface area contributed by atoms with Crippen LogP contribution in [-0.2, 0) is 20.8 Å². The minimum absolute atomic E-state index is 0.00187. The van der Waals surface area contributed by atoms with E-state index in [0.29, 0.717) is 13.0 Å². The van der Waals surface area contributed by atoms with Crippen LogP contribution >= 0.6 is 22.7 Å².